The second-order valence-electron chi connectivity index (χ2n) is 5.77. The second-order valence-corrected chi connectivity index (χ2v) is 5.77. The van der Waals surface area contributed by atoms with Crippen molar-refractivity contribution in [2.75, 3.05) is 14.2 Å². The third-order valence-corrected chi connectivity index (χ3v) is 3.80. The van der Waals surface area contributed by atoms with E-state index < -0.39 is 47.6 Å². The van der Waals surface area contributed by atoms with Gasteiger partial charge < -0.3 is 19.9 Å². The lowest BCUT2D eigenvalue weighted by atomic mass is 10.0. The lowest BCUT2D eigenvalue weighted by Gasteiger charge is -2.21. The summed E-state index contributed by atoms with van der Waals surface area (Å²) in [4.78, 5) is 35.5. The van der Waals surface area contributed by atoms with Crippen LogP contribution in [0.5, 0.6) is 0 Å². The summed E-state index contributed by atoms with van der Waals surface area (Å²) in [5.74, 6) is -3.23. The first kappa shape index (κ1) is 22.4. The van der Waals surface area contributed by atoms with Crippen LogP contribution in [-0.2, 0) is 30.0 Å². The van der Waals surface area contributed by atoms with Crippen LogP contribution < -0.4 is 5.32 Å². The summed E-state index contributed by atoms with van der Waals surface area (Å²) < 4.78 is 46.8. The van der Waals surface area contributed by atoms with E-state index in [1.807, 2.05) is 0 Å². The summed E-state index contributed by atoms with van der Waals surface area (Å²) in [6, 6.07) is 2.11. The number of nitrogens with one attached hydrogen (secondary N) is 1. The van der Waals surface area contributed by atoms with Crippen LogP contribution >= 0.6 is 0 Å². The van der Waals surface area contributed by atoms with Crippen molar-refractivity contribution in [3.8, 4) is 0 Å². The molecule has 1 rings (SSSR count). The molecular formula is C17H20F3NO6. The number of carbonyl (C=O) groups is 3. The Kier molecular flexibility index (Phi) is 7.77. The fraction of sp³-hybridized carbons (Fsp3) is 0.471. The van der Waals surface area contributed by atoms with E-state index in [-0.39, 0.29) is 12.0 Å². The quantitative estimate of drug-likeness (QED) is 0.685. The van der Waals surface area contributed by atoms with Gasteiger partial charge in [0.25, 0.3) is 5.91 Å². The molecule has 1 aromatic rings. The average Bonchev–Trinajstić information content (AvgIpc) is 2.64. The molecule has 0 saturated carbocycles. The average molecular weight is 391 g/mol. The molecule has 0 fully saturated rings. The molecule has 10 heteroatoms. The van der Waals surface area contributed by atoms with Crippen molar-refractivity contribution in [1.82, 2.24) is 5.32 Å². The van der Waals surface area contributed by atoms with Crippen molar-refractivity contribution < 1.29 is 42.1 Å². The number of ether oxygens (including phenoxy) is 2. The molecule has 0 aromatic heterocycles. The van der Waals surface area contributed by atoms with Crippen LogP contribution in [0, 0.1) is 5.92 Å². The fourth-order valence-corrected chi connectivity index (χ4v) is 2.26. The number of halogens is 3. The third kappa shape index (κ3) is 6.24. The van der Waals surface area contributed by atoms with Gasteiger partial charge in [-0.25, -0.2) is 4.79 Å². The van der Waals surface area contributed by atoms with E-state index in [1.54, 1.807) is 0 Å². The van der Waals surface area contributed by atoms with Crippen molar-refractivity contribution >= 4 is 17.8 Å². The summed E-state index contributed by atoms with van der Waals surface area (Å²) in [5.41, 5.74) is -1.02. The van der Waals surface area contributed by atoms with E-state index in [1.165, 1.54) is 14.0 Å². The highest BCUT2D eigenvalue weighted by atomic mass is 19.4. The molecule has 3 atom stereocenters. The van der Waals surface area contributed by atoms with E-state index >= 15 is 0 Å². The Morgan fingerprint density at radius 1 is 1.07 bits per heavy atom. The minimum absolute atomic E-state index is 0.0925. The number of aliphatic hydroxyl groups is 1. The number of rotatable bonds is 7. The Morgan fingerprint density at radius 3 is 2.04 bits per heavy atom. The van der Waals surface area contributed by atoms with Gasteiger partial charge in [0.05, 0.1) is 25.7 Å². The monoisotopic (exact) mass is 391 g/mol. The van der Waals surface area contributed by atoms with Crippen molar-refractivity contribution in [3.05, 3.63) is 35.4 Å². The molecule has 7 nitrogen and oxygen atoms in total. The molecule has 2 N–H and O–H groups in total. The molecule has 1 amide bonds. The Morgan fingerprint density at radius 2 is 1.59 bits per heavy atom. The maximum Gasteiger partial charge on any atom is 0.416 e. The number of methoxy groups -OCH3 is 2. The first-order chi connectivity index (χ1) is 12.5. The van der Waals surface area contributed by atoms with Crippen molar-refractivity contribution in [2.24, 2.45) is 5.92 Å². The van der Waals surface area contributed by atoms with Gasteiger partial charge in [-0.1, -0.05) is 19.1 Å². The smallest absolute Gasteiger partial charge is 0.416 e. The van der Waals surface area contributed by atoms with Gasteiger partial charge in [0, 0.05) is 0 Å². The summed E-state index contributed by atoms with van der Waals surface area (Å²) in [5, 5.41) is 12.3. The molecular weight excluding hydrogens is 371 g/mol. The third-order valence-electron chi connectivity index (χ3n) is 3.80. The highest BCUT2D eigenvalue weighted by Gasteiger charge is 2.32. The minimum Gasteiger partial charge on any atom is -0.469 e. The van der Waals surface area contributed by atoms with Crippen LogP contribution in [0.25, 0.3) is 0 Å². The highest BCUT2D eigenvalue weighted by molar-refractivity contribution is 5.88. The molecule has 0 heterocycles. The van der Waals surface area contributed by atoms with Gasteiger partial charge in [-0.15, -0.1) is 0 Å². The predicted octanol–water partition coefficient (Wildman–Crippen LogP) is 1.60. The van der Waals surface area contributed by atoms with Gasteiger partial charge >= 0.3 is 18.1 Å². The molecule has 0 saturated heterocycles. The Bertz CT molecular complexity index is 674. The predicted molar refractivity (Wildman–Crippen MR) is 86.1 cm³/mol. The highest BCUT2D eigenvalue weighted by Crippen LogP contribution is 2.30. The number of esters is 2. The van der Waals surface area contributed by atoms with Gasteiger partial charge in [0.15, 0.2) is 6.10 Å². The van der Waals surface area contributed by atoms with E-state index in [4.69, 9.17) is 0 Å². The van der Waals surface area contributed by atoms with Gasteiger partial charge in [0.2, 0.25) is 0 Å². The van der Waals surface area contributed by atoms with E-state index in [2.05, 4.69) is 14.8 Å². The molecule has 27 heavy (non-hydrogen) atoms. The number of alkyl halides is 3. The maximum atomic E-state index is 12.6. The number of hydrogen-bond acceptors (Lipinski definition) is 6. The number of aliphatic hydroxyl groups excluding tert-OH is 1. The van der Waals surface area contributed by atoms with Gasteiger partial charge in [-0.2, -0.15) is 13.2 Å². The van der Waals surface area contributed by atoms with Crippen LogP contribution in [0.2, 0.25) is 0 Å². The lowest BCUT2D eigenvalue weighted by molar-refractivity contribution is -0.149. The molecule has 150 valence electrons. The number of hydrogen-bond donors (Lipinski definition) is 2. The molecule has 0 radical (unpaired) electrons. The second kappa shape index (κ2) is 9.36. The molecule has 0 spiro atoms. The normalized spacial score (nSPS) is 14.6. The minimum atomic E-state index is -4.55. The molecule has 0 aliphatic carbocycles. The topological polar surface area (TPSA) is 102 Å². The van der Waals surface area contributed by atoms with Gasteiger partial charge in [-0.05, 0) is 24.1 Å². The number of carbonyl (C=O) groups excluding carboxylic acids is 3. The Balaban J connectivity index is 2.87. The number of amides is 1. The van der Waals surface area contributed by atoms with Crippen molar-refractivity contribution in [2.45, 2.75) is 31.7 Å². The summed E-state index contributed by atoms with van der Waals surface area (Å²) in [6.07, 6.45) is -6.51. The molecule has 0 bridgehead atoms. The van der Waals surface area contributed by atoms with Crippen LogP contribution in [0.1, 0.15) is 30.6 Å². The van der Waals surface area contributed by atoms with E-state index in [9.17, 15) is 32.7 Å². The summed E-state index contributed by atoms with van der Waals surface area (Å²) >= 11 is 0. The Labute approximate surface area is 153 Å². The first-order valence-electron chi connectivity index (χ1n) is 7.82. The summed E-state index contributed by atoms with van der Waals surface area (Å²) in [6.45, 7) is 1.47. The molecule has 0 unspecified atom stereocenters. The van der Waals surface area contributed by atoms with Crippen molar-refractivity contribution in [3.63, 3.8) is 0 Å². The SMILES string of the molecule is COC(=O)[C@H](C)C[C@H](NC(=O)[C@H](O)c1ccc(C(F)(F)F)cc1)C(=O)OC. The van der Waals surface area contributed by atoms with E-state index in [0.717, 1.165) is 31.4 Å². The molecule has 1 aromatic carbocycles. The van der Waals surface area contributed by atoms with Crippen molar-refractivity contribution in [1.29, 1.82) is 0 Å². The van der Waals surface area contributed by atoms with Crippen LogP contribution in [0.4, 0.5) is 13.2 Å². The molecule has 0 aliphatic heterocycles. The zero-order valence-electron chi connectivity index (χ0n) is 14.9. The first-order valence-corrected chi connectivity index (χ1v) is 7.82. The summed E-state index contributed by atoms with van der Waals surface area (Å²) in [7, 11) is 2.25. The van der Waals surface area contributed by atoms with Crippen LogP contribution in [-0.4, -0.2) is 43.2 Å². The standard InChI is InChI=1S/C17H20F3NO6/c1-9(15(24)26-2)8-12(16(25)27-3)21-14(23)13(22)10-4-6-11(7-5-10)17(18,19)20/h4-7,9,12-13,22H,8H2,1-3H3,(H,21,23)/t9-,12+,13-/m1/s1. The largest absolute Gasteiger partial charge is 0.469 e. The fourth-order valence-electron chi connectivity index (χ4n) is 2.26. The number of benzene rings is 1. The zero-order valence-corrected chi connectivity index (χ0v) is 14.9. The van der Waals surface area contributed by atoms with Gasteiger partial charge in [-0.3, -0.25) is 9.59 Å². The lowest BCUT2D eigenvalue weighted by Crippen LogP contribution is -2.45. The van der Waals surface area contributed by atoms with Crippen LogP contribution in [0.15, 0.2) is 24.3 Å². The molecule has 0 aliphatic rings. The Hall–Kier alpha value is -2.62. The van der Waals surface area contributed by atoms with E-state index in [0.29, 0.717) is 0 Å². The van der Waals surface area contributed by atoms with Gasteiger partial charge in [0.1, 0.15) is 6.04 Å². The van der Waals surface area contributed by atoms with Crippen LogP contribution in [0.3, 0.4) is 0 Å². The zero-order chi connectivity index (χ0) is 20.8. The maximum absolute atomic E-state index is 12.6.